The molecule has 0 bridgehead atoms. The molecule has 1 aliphatic rings. The maximum Gasteiger partial charge on any atom is 0.118 e. The third-order valence-electron chi connectivity index (χ3n) is 4.02. The highest BCUT2D eigenvalue weighted by atomic mass is 16.5. The Morgan fingerprint density at radius 1 is 1.16 bits per heavy atom. The zero-order valence-electron chi connectivity index (χ0n) is 12.1. The number of methoxy groups -OCH3 is 1. The molecular weight excluding hydrogens is 236 g/mol. The van der Waals surface area contributed by atoms with Gasteiger partial charge in [-0.05, 0) is 37.6 Å². The lowest BCUT2D eigenvalue weighted by molar-refractivity contribution is 0.111. The Hall–Kier alpha value is -1.06. The lowest BCUT2D eigenvalue weighted by Gasteiger charge is -2.37. The van der Waals surface area contributed by atoms with Crippen molar-refractivity contribution < 1.29 is 4.74 Å². The largest absolute Gasteiger partial charge is 0.497 e. The predicted molar refractivity (Wildman–Crippen MR) is 79.5 cm³/mol. The molecule has 1 aromatic rings. The zero-order chi connectivity index (χ0) is 13.7. The number of rotatable bonds is 5. The van der Waals surface area contributed by atoms with Gasteiger partial charge in [-0.25, -0.2) is 0 Å². The maximum atomic E-state index is 5.20. The molecule has 1 aromatic carbocycles. The molecule has 1 aliphatic heterocycles. The van der Waals surface area contributed by atoms with E-state index >= 15 is 0 Å². The van der Waals surface area contributed by atoms with Gasteiger partial charge in [0.25, 0.3) is 0 Å². The summed E-state index contributed by atoms with van der Waals surface area (Å²) in [5.74, 6) is 0.925. The SMILES string of the molecule is [CH2]CC(Cc1ccc(OC)cc1)N1CCN(C)CC1. The highest BCUT2D eigenvalue weighted by molar-refractivity contribution is 5.27. The summed E-state index contributed by atoms with van der Waals surface area (Å²) in [6.07, 6.45) is 2.05. The van der Waals surface area contributed by atoms with E-state index in [1.165, 1.54) is 18.7 Å². The minimum absolute atomic E-state index is 0.557. The van der Waals surface area contributed by atoms with E-state index in [0.717, 1.165) is 31.7 Å². The summed E-state index contributed by atoms with van der Waals surface area (Å²) < 4.78 is 5.20. The van der Waals surface area contributed by atoms with Crippen LogP contribution in [0.25, 0.3) is 0 Å². The van der Waals surface area contributed by atoms with Gasteiger partial charge < -0.3 is 9.64 Å². The first-order chi connectivity index (χ1) is 9.22. The standard InChI is InChI=1S/C16H25N2O/c1-4-15(18-11-9-17(2)10-12-18)13-14-5-7-16(19-3)8-6-14/h5-8,15H,1,4,9-13H2,2-3H3. The van der Waals surface area contributed by atoms with Gasteiger partial charge in [-0.2, -0.15) is 0 Å². The average Bonchev–Trinajstić information content (AvgIpc) is 2.46. The summed E-state index contributed by atoms with van der Waals surface area (Å²) in [4.78, 5) is 4.97. The third-order valence-corrected chi connectivity index (χ3v) is 4.02. The second-order valence-electron chi connectivity index (χ2n) is 5.33. The summed E-state index contributed by atoms with van der Waals surface area (Å²) in [5, 5.41) is 0. The number of nitrogens with zero attached hydrogens (tertiary/aromatic N) is 2. The Kier molecular flexibility index (Phi) is 5.23. The van der Waals surface area contributed by atoms with E-state index in [2.05, 4.69) is 35.9 Å². The molecule has 0 saturated carbocycles. The van der Waals surface area contributed by atoms with Gasteiger partial charge in [0.15, 0.2) is 0 Å². The normalized spacial score (nSPS) is 19.3. The first-order valence-electron chi connectivity index (χ1n) is 7.07. The Labute approximate surface area is 117 Å². The van der Waals surface area contributed by atoms with Crippen molar-refractivity contribution in [2.24, 2.45) is 0 Å². The molecule has 1 heterocycles. The second kappa shape index (κ2) is 6.92. The fourth-order valence-corrected chi connectivity index (χ4v) is 2.63. The lowest BCUT2D eigenvalue weighted by atomic mass is 10.0. The summed E-state index contributed by atoms with van der Waals surface area (Å²) in [5.41, 5.74) is 1.37. The van der Waals surface area contributed by atoms with E-state index in [1.54, 1.807) is 7.11 Å². The number of likely N-dealkylation sites (N-methyl/N-ethyl adjacent to an activating group) is 1. The van der Waals surface area contributed by atoms with E-state index < -0.39 is 0 Å². The van der Waals surface area contributed by atoms with Gasteiger partial charge in [-0.1, -0.05) is 19.1 Å². The van der Waals surface area contributed by atoms with E-state index in [4.69, 9.17) is 4.74 Å². The molecule has 0 amide bonds. The Balaban J connectivity index is 1.94. The number of benzene rings is 1. The minimum atomic E-state index is 0.557. The highest BCUT2D eigenvalue weighted by Crippen LogP contribution is 2.17. The number of ether oxygens (including phenoxy) is 1. The summed E-state index contributed by atoms with van der Waals surface area (Å²) in [6.45, 7) is 8.78. The molecule has 19 heavy (non-hydrogen) atoms. The van der Waals surface area contributed by atoms with E-state index in [0.29, 0.717) is 6.04 Å². The van der Waals surface area contributed by atoms with Crippen LogP contribution < -0.4 is 4.74 Å². The van der Waals surface area contributed by atoms with E-state index in [-0.39, 0.29) is 0 Å². The molecule has 2 rings (SSSR count). The van der Waals surface area contributed by atoms with Crippen LogP contribution in [0, 0.1) is 6.92 Å². The molecule has 0 aliphatic carbocycles. The number of hydrogen-bond donors (Lipinski definition) is 0. The summed E-state index contributed by atoms with van der Waals surface area (Å²) in [7, 11) is 3.90. The van der Waals surface area contributed by atoms with Crippen LogP contribution in [0.3, 0.4) is 0 Å². The molecular formula is C16H25N2O. The monoisotopic (exact) mass is 261 g/mol. The third kappa shape index (κ3) is 3.95. The van der Waals surface area contributed by atoms with Crippen molar-refractivity contribution in [3.63, 3.8) is 0 Å². The van der Waals surface area contributed by atoms with Crippen LogP contribution in [-0.4, -0.2) is 56.2 Å². The Bertz CT molecular complexity index is 369. The summed E-state index contributed by atoms with van der Waals surface area (Å²) >= 11 is 0. The van der Waals surface area contributed by atoms with E-state index in [9.17, 15) is 0 Å². The van der Waals surface area contributed by atoms with Gasteiger partial charge in [0.05, 0.1) is 7.11 Å². The van der Waals surface area contributed by atoms with Crippen molar-refractivity contribution in [2.45, 2.75) is 18.9 Å². The molecule has 0 N–H and O–H groups in total. The molecule has 1 atom stereocenters. The topological polar surface area (TPSA) is 15.7 Å². The first kappa shape index (κ1) is 14.4. The van der Waals surface area contributed by atoms with Gasteiger partial charge in [0, 0.05) is 32.2 Å². The maximum absolute atomic E-state index is 5.20. The molecule has 3 heteroatoms. The predicted octanol–water partition coefficient (Wildman–Crippen LogP) is 2.08. The fraction of sp³-hybridized carbons (Fsp3) is 0.562. The second-order valence-corrected chi connectivity index (χ2v) is 5.33. The zero-order valence-corrected chi connectivity index (χ0v) is 12.1. The van der Waals surface area contributed by atoms with Crippen molar-refractivity contribution in [1.82, 2.24) is 9.80 Å². The van der Waals surface area contributed by atoms with Crippen LogP contribution in [0.15, 0.2) is 24.3 Å². The smallest absolute Gasteiger partial charge is 0.118 e. The average molecular weight is 261 g/mol. The van der Waals surface area contributed by atoms with E-state index in [1.807, 2.05) is 12.1 Å². The molecule has 0 aromatic heterocycles. The molecule has 1 fully saturated rings. The number of hydrogen-bond acceptors (Lipinski definition) is 3. The Morgan fingerprint density at radius 3 is 2.32 bits per heavy atom. The van der Waals surface area contributed by atoms with Crippen LogP contribution in [-0.2, 0) is 6.42 Å². The lowest BCUT2D eigenvalue weighted by Crippen LogP contribution is -2.49. The van der Waals surface area contributed by atoms with Gasteiger partial charge >= 0.3 is 0 Å². The van der Waals surface area contributed by atoms with Crippen molar-refractivity contribution in [2.75, 3.05) is 40.3 Å². The fourth-order valence-electron chi connectivity index (χ4n) is 2.63. The van der Waals surface area contributed by atoms with Crippen LogP contribution in [0.2, 0.25) is 0 Å². The van der Waals surface area contributed by atoms with Crippen LogP contribution in [0.1, 0.15) is 12.0 Å². The molecule has 1 unspecified atom stereocenters. The van der Waals surface area contributed by atoms with Crippen LogP contribution in [0.4, 0.5) is 0 Å². The summed E-state index contributed by atoms with van der Waals surface area (Å²) in [6, 6.07) is 8.97. The Morgan fingerprint density at radius 2 is 1.79 bits per heavy atom. The molecule has 0 spiro atoms. The van der Waals surface area contributed by atoms with Crippen LogP contribution >= 0.6 is 0 Å². The highest BCUT2D eigenvalue weighted by Gasteiger charge is 2.21. The quantitative estimate of drug-likeness (QED) is 0.807. The van der Waals surface area contributed by atoms with Gasteiger partial charge in [-0.15, -0.1) is 0 Å². The van der Waals surface area contributed by atoms with Crippen molar-refractivity contribution in [1.29, 1.82) is 0 Å². The van der Waals surface area contributed by atoms with Crippen molar-refractivity contribution in [3.8, 4) is 5.75 Å². The number of piperazine rings is 1. The molecule has 105 valence electrons. The first-order valence-corrected chi connectivity index (χ1v) is 7.07. The van der Waals surface area contributed by atoms with Gasteiger partial charge in [0.2, 0.25) is 0 Å². The van der Waals surface area contributed by atoms with Gasteiger partial charge in [0.1, 0.15) is 5.75 Å². The molecule has 3 nitrogen and oxygen atoms in total. The molecule has 1 saturated heterocycles. The van der Waals surface area contributed by atoms with Crippen LogP contribution in [0.5, 0.6) is 5.75 Å². The minimum Gasteiger partial charge on any atom is -0.497 e. The molecule has 1 radical (unpaired) electrons. The van der Waals surface area contributed by atoms with Crippen molar-refractivity contribution in [3.05, 3.63) is 36.8 Å². The van der Waals surface area contributed by atoms with Gasteiger partial charge in [-0.3, -0.25) is 4.90 Å². The van der Waals surface area contributed by atoms with Crippen molar-refractivity contribution >= 4 is 0 Å².